The van der Waals surface area contributed by atoms with Crippen molar-refractivity contribution in [2.24, 2.45) is 5.41 Å². The molecule has 1 fully saturated rings. The number of rotatable bonds is 3. The van der Waals surface area contributed by atoms with Crippen LogP contribution < -0.4 is 5.32 Å². The summed E-state index contributed by atoms with van der Waals surface area (Å²) in [6.07, 6.45) is 9.52. The van der Waals surface area contributed by atoms with Crippen LogP contribution in [0, 0.1) is 5.41 Å². The summed E-state index contributed by atoms with van der Waals surface area (Å²) in [6.45, 7) is 11.4. The summed E-state index contributed by atoms with van der Waals surface area (Å²) in [6, 6.07) is 10.9. The molecule has 0 spiro atoms. The van der Waals surface area contributed by atoms with E-state index in [0.717, 1.165) is 6.42 Å². The molecule has 1 aromatic rings. The fourth-order valence-corrected chi connectivity index (χ4v) is 2.77. The third kappa shape index (κ3) is 5.96. The van der Waals surface area contributed by atoms with Crippen LogP contribution in [0.1, 0.15) is 65.9 Å². The highest BCUT2D eigenvalue weighted by molar-refractivity contribution is 5.27. The zero-order valence-electron chi connectivity index (χ0n) is 15.9. The van der Waals surface area contributed by atoms with Crippen LogP contribution in [0.5, 0.6) is 0 Å². The van der Waals surface area contributed by atoms with Crippen molar-refractivity contribution in [3.05, 3.63) is 48.0 Å². The standard InChI is InChI=1S/C14H20.C5H10.C2H7N/c1-13(2,14(3)10-7-11-14)12-8-5-4-6-9-12;1-3-5-4-2;1-3-2/h4-6,8-9H,7,10-11H2,1-3H3;3,5H,4H2,1-2H3;3H,1-2H3/b;5-3-;. The first-order valence-corrected chi connectivity index (χ1v) is 8.64. The minimum absolute atomic E-state index is 0.326. The van der Waals surface area contributed by atoms with Crippen LogP contribution >= 0.6 is 0 Å². The van der Waals surface area contributed by atoms with Gasteiger partial charge in [-0.15, -0.1) is 0 Å². The summed E-state index contributed by atoms with van der Waals surface area (Å²) in [5, 5.41) is 2.75. The molecule has 0 aromatic heterocycles. The van der Waals surface area contributed by atoms with E-state index in [-0.39, 0.29) is 0 Å². The lowest BCUT2D eigenvalue weighted by Gasteiger charge is -2.51. The number of nitrogens with one attached hydrogen (secondary N) is 1. The zero-order valence-corrected chi connectivity index (χ0v) is 15.9. The van der Waals surface area contributed by atoms with Crippen LogP contribution in [0.15, 0.2) is 42.5 Å². The normalized spacial score (nSPS) is 16.0. The van der Waals surface area contributed by atoms with Crippen molar-refractivity contribution in [1.29, 1.82) is 0 Å². The van der Waals surface area contributed by atoms with Gasteiger partial charge in [0.1, 0.15) is 0 Å². The third-order valence-corrected chi connectivity index (χ3v) is 4.93. The predicted molar refractivity (Wildman–Crippen MR) is 102 cm³/mol. The minimum atomic E-state index is 0.326. The quantitative estimate of drug-likeness (QED) is 0.679. The average Bonchev–Trinajstić information content (AvgIpc) is 2.48. The van der Waals surface area contributed by atoms with Crippen LogP contribution in [-0.2, 0) is 5.41 Å². The second-order valence-corrected chi connectivity index (χ2v) is 6.88. The van der Waals surface area contributed by atoms with E-state index in [1.165, 1.54) is 24.8 Å². The van der Waals surface area contributed by atoms with Crippen LogP contribution in [0.3, 0.4) is 0 Å². The maximum absolute atomic E-state index is 2.75. The summed E-state index contributed by atoms with van der Waals surface area (Å²) in [5.41, 5.74) is 2.34. The first-order valence-electron chi connectivity index (χ1n) is 8.64. The van der Waals surface area contributed by atoms with Gasteiger partial charge in [0.2, 0.25) is 0 Å². The smallest absolute Gasteiger partial charge is 0.00498 e. The highest BCUT2D eigenvalue weighted by Crippen LogP contribution is 2.54. The van der Waals surface area contributed by atoms with Crippen molar-refractivity contribution in [3.63, 3.8) is 0 Å². The molecule has 0 heterocycles. The van der Waals surface area contributed by atoms with Crippen LogP contribution in [0.25, 0.3) is 0 Å². The topological polar surface area (TPSA) is 12.0 Å². The zero-order chi connectivity index (χ0) is 17.1. The maximum atomic E-state index is 2.75. The molecule has 1 aromatic carbocycles. The van der Waals surface area contributed by atoms with Crippen molar-refractivity contribution in [2.45, 2.75) is 65.7 Å². The van der Waals surface area contributed by atoms with E-state index in [1.807, 2.05) is 21.0 Å². The molecular weight excluding hydrogens is 266 g/mol. The Kier molecular flexibility index (Phi) is 10.1. The van der Waals surface area contributed by atoms with E-state index < -0.39 is 0 Å². The van der Waals surface area contributed by atoms with Crippen molar-refractivity contribution in [1.82, 2.24) is 5.32 Å². The van der Waals surface area contributed by atoms with Gasteiger partial charge in [0.05, 0.1) is 0 Å². The molecule has 1 aliphatic rings. The molecular formula is C21H37N. The van der Waals surface area contributed by atoms with E-state index in [4.69, 9.17) is 0 Å². The van der Waals surface area contributed by atoms with Crippen LogP contribution in [0.4, 0.5) is 0 Å². The summed E-state index contributed by atoms with van der Waals surface area (Å²) >= 11 is 0. The Morgan fingerprint density at radius 2 is 1.64 bits per heavy atom. The molecule has 2 rings (SSSR count). The van der Waals surface area contributed by atoms with Gasteiger partial charge in [0, 0.05) is 0 Å². The molecule has 22 heavy (non-hydrogen) atoms. The van der Waals surface area contributed by atoms with Crippen molar-refractivity contribution in [3.8, 4) is 0 Å². The molecule has 0 radical (unpaired) electrons. The Labute approximate surface area is 139 Å². The van der Waals surface area contributed by atoms with Gasteiger partial charge in [0.25, 0.3) is 0 Å². The van der Waals surface area contributed by atoms with E-state index in [0.29, 0.717) is 10.8 Å². The number of benzene rings is 1. The molecule has 0 saturated heterocycles. The average molecular weight is 304 g/mol. The first kappa shape index (κ1) is 20.9. The van der Waals surface area contributed by atoms with Crippen LogP contribution in [0.2, 0.25) is 0 Å². The summed E-state index contributed by atoms with van der Waals surface area (Å²) in [7, 11) is 3.75. The van der Waals surface area contributed by atoms with Gasteiger partial charge in [-0.05, 0) is 56.7 Å². The van der Waals surface area contributed by atoms with Crippen molar-refractivity contribution < 1.29 is 0 Å². The number of allylic oxidation sites excluding steroid dienone is 2. The largest absolute Gasteiger partial charge is 0.323 e. The van der Waals surface area contributed by atoms with Gasteiger partial charge < -0.3 is 5.32 Å². The summed E-state index contributed by atoms with van der Waals surface area (Å²) < 4.78 is 0. The number of hydrogen-bond acceptors (Lipinski definition) is 1. The van der Waals surface area contributed by atoms with E-state index >= 15 is 0 Å². The fourth-order valence-electron chi connectivity index (χ4n) is 2.77. The van der Waals surface area contributed by atoms with Gasteiger partial charge in [-0.2, -0.15) is 0 Å². The second kappa shape index (κ2) is 10.6. The Hall–Kier alpha value is -1.08. The van der Waals surface area contributed by atoms with Gasteiger partial charge in [-0.1, -0.05) is 76.6 Å². The SMILES string of the molecule is C/C=C\CC.CC1(C(C)(C)c2ccccc2)CCC1.CNC. The molecule has 0 aliphatic heterocycles. The Morgan fingerprint density at radius 1 is 1.14 bits per heavy atom. The Balaban J connectivity index is 0.000000465. The monoisotopic (exact) mass is 303 g/mol. The molecule has 1 saturated carbocycles. The van der Waals surface area contributed by atoms with Crippen LogP contribution in [-0.4, -0.2) is 14.1 Å². The molecule has 0 unspecified atom stereocenters. The molecule has 0 bridgehead atoms. The van der Waals surface area contributed by atoms with E-state index in [9.17, 15) is 0 Å². The second-order valence-electron chi connectivity index (χ2n) is 6.88. The predicted octanol–water partition coefficient (Wildman–Crippen LogP) is 5.96. The Bertz CT molecular complexity index is 399. The van der Waals surface area contributed by atoms with E-state index in [1.54, 1.807) is 0 Å². The molecule has 1 N–H and O–H groups in total. The molecule has 0 atom stereocenters. The molecule has 126 valence electrons. The lowest BCUT2D eigenvalue weighted by Crippen LogP contribution is -2.44. The third-order valence-electron chi connectivity index (χ3n) is 4.93. The highest BCUT2D eigenvalue weighted by Gasteiger charge is 2.45. The van der Waals surface area contributed by atoms with Crippen molar-refractivity contribution in [2.75, 3.05) is 14.1 Å². The molecule has 1 heteroatoms. The first-order chi connectivity index (χ1) is 10.4. The lowest BCUT2D eigenvalue weighted by molar-refractivity contribution is 0.0615. The highest BCUT2D eigenvalue weighted by atomic mass is 14.7. The van der Waals surface area contributed by atoms with Gasteiger partial charge in [-0.3, -0.25) is 0 Å². The molecule has 1 nitrogen and oxygen atoms in total. The molecule has 0 amide bonds. The van der Waals surface area contributed by atoms with Gasteiger partial charge in [-0.25, -0.2) is 0 Å². The lowest BCUT2D eigenvalue weighted by atomic mass is 9.53. The summed E-state index contributed by atoms with van der Waals surface area (Å²) in [4.78, 5) is 0. The number of hydrogen-bond donors (Lipinski definition) is 1. The van der Waals surface area contributed by atoms with Gasteiger partial charge in [0.15, 0.2) is 0 Å². The summed E-state index contributed by atoms with van der Waals surface area (Å²) in [5.74, 6) is 0. The Morgan fingerprint density at radius 3 is 1.91 bits per heavy atom. The fraction of sp³-hybridized carbons (Fsp3) is 0.619. The van der Waals surface area contributed by atoms with Crippen molar-refractivity contribution >= 4 is 0 Å². The molecule has 1 aliphatic carbocycles. The minimum Gasteiger partial charge on any atom is -0.323 e. The van der Waals surface area contributed by atoms with E-state index in [2.05, 4.69) is 75.5 Å². The maximum Gasteiger partial charge on any atom is -0.00498 e. The van der Waals surface area contributed by atoms with Gasteiger partial charge >= 0.3 is 0 Å².